The van der Waals surface area contributed by atoms with Gasteiger partial charge in [-0.1, -0.05) is 6.07 Å². The molecule has 36 heavy (non-hydrogen) atoms. The number of benzene rings is 3. The molecule has 1 atom stereocenters. The topological polar surface area (TPSA) is 141 Å². The highest BCUT2D eigenvalue weighted by Gasteiger charge is 2.15. The Labute approximate surface area is 213 Å². The maximum Gasteiger partial charge on any atom is 0.255 e. The minimum atomic E-state index is -1.38. The van der Waals surface area contributed by atoms with Crippen LogP contribution in [0, 0.1) is 0 Å². The van der Waals surface area contributed by atoms with Crippen LogP contribution in [0.1, 0.15) is 21.5 Å². The van der Waals surface area contributed by atoms with Crippen LogP contribution in [0.3, 0.4) is 0 Å². The van der Waals surface area contributed by atoms with Crippen molar-refractivity contribution in [1.82, 2.24) is 0 Å². The van der Waals surface area contributed by atoms with Crippen LogP contribution >= 0.6 is 0 Å². The number of hydrogen-bond donors (Lipinski definition) is 3. The molecule has 1 unspecified atom stereocenters. The van der Waals surface area contributed by atoms with Gasteiger partial charge in [0.25, 0.3) is 5.91 Å². The Morgan fingerprint density at radius 1 is 0.889 bits per heavy atom. The fourth-order valence-corrected chi connectivity index (χ4v) is 4.39. The van der Waals surface area contributed by atoms with Gasteiger partial charge in [0.2, 0.25) is 0 Å². The number of nitrogens with one attached hydrogen (secondary N) is 1. The summed E-state index contributed by atoms with van der Waals surface area (Å²) < 4.78 is 34.4. The Balaban J connectivity index is 1.79. The zero-order valence-electron chi connectivity index (χ0n) is 20.5. The van der Waals surface area contributed by atoms with Crippen molar-refractivity contribution in [3.63, 3.8) is 0 Å². The van der Waals surface area contributed by atoms with Gasteiger partial charge < -0.3 is 40.3 Å². The number of carbonyl (C=O) groups excluding carboxylic acids is 1. The van der Waals surface area contributed by atoms with E-state index in [-0.39, 0.29) is 5.75 Å². The number of ether oxygens (including phenoxy) is 4. The van der Waals surface area contributed by atoms with E-state index in [1.807, 2.05) is 0 Å². The quantitative estimate of drug-likeness (QED) is 0.273. The molecule has 0 aromatic heterocycles. The number of rotatable bonds is 10. The molecule has 0 bridgehead atoms. The minimum absolute atomic E-state index is 0.204. The van der Waals surface area contributed by atoms with Crippen molar-refractivity contribution in [3.8, 4) is 23.0 Å². The Hall–Kier alpha value is -4.02. The molecule has 1 amide bonds. The average molecular weight is 512 g/mol. The number of nitrogen functional groups attached to an aromatic ring is 2. The molecule has 9 nitrogen and oxygen atoms in total. The highest BCUT2D eigenvalue weighted by atomic mass is 32.2. The number of anilines is 3. The third kappa shape index (κ3) is 6.55. The average Bonchev–Trinajstić information content (AvgIpc) is 2.86. The molecule has 0 saturated heterocycles. The van der Waals surface area contributed by atoms with Gasteiger partial charge in [0, 0.05) is 40.7 Å². The summed E-state index contributed by atoms with van der Waals surface area (Å²) in [5, 5.41) is 4.37. The van der Waals surface area contributed by atoms with E-state index in [1.165, 1.54) is 33.5 Å². The van der Waals surface area contributed by atoms with Crippen LogP contribution in [-0.4, -0.2) is 38.9 Å². The summed E-state index contributed by atoms with van der Waals surface area (Å²) in [6, 6.07) is 13.3. The molecule has 0 radical (unpaired) electrons. The number of nitrogens with two attached hydrogens (primary N) is 2. The Morgan fingerprint density at radius 3 is 2.06 bits per heavy atom. The van der Waals surface area contributed by atoms with Crippen molar-refractivity contribution in [3.05, 3.63) is 70.6 Å². The smallest absolute Gasteiger partial charge is 0.255 e. The first-order chi connectivity index (χ1) is 17.3. The normalized spacial score (nSPS) is 11.7. The van der Waals surface area contributed by atoms with Gasteiger partial charge in [0.15, 0.2) is 0 Å². The third-order valence-corrected chi connectivity index (χ3v) is 6.26. The molecule has 0 heterocycles. The van der Waals surface area contributed by atoms with Crippen molar-refractivity contribution < 1.29 is 28.3 Å². The van der Waals surface area contributed by atoms with Crippen LogP contribution < -0.4 is 35.7 Å². The van der Waals surface area contributed by atoms with Crippen molar-refractivity contribution in [2.45, 2.75) is 5.75 Å². The van der Waals surface area contributed by atoms with Gasteiger partial charge in [-0.2, -0.15) is 0 Å². The van der Waals surface area contributed by atoms with Gasteiger partial charge >= 0.3 is 0 Å². The summed E-state index contributed by atoms with van der Waals surface area (Å²) in [6.45, 7) is 0. The maximum atomic E-state index is 12.9. The zero-order valence-corrected chi connectivity index (χ0v) is 21.3. The van der Waals surface area contributed by atoms with Crippen molar-refractivity contribution >= 4 is 40.2 Å². The molecule has 0 aliphatic heterocycles. The van der Waals surface area contributed by atoms with Gasteiger partial charge in [0.1, 0.15) is 34.2 Å². The first kappa shape index (κ1) is 26.6. The van der Waals surface area contributed by atoms with E-state index in [4.69, 9.17) is 30.4 Å². The van der Waals surface area contributed by atoms with Crippen molar-refractivity contribution in [2.75, 3.05) is 45.2 Å². The molecule has 0 aliphatic rings. The number of methoxy groups -OCH3 is 4. The summed E-state index contributed by atoms with van der Waals surface area (Å²) in [6.07, 6.45) is 1.68. The van der Waals surface area contributed by atoms with E-state index in [2.05, 4.69) is 5.32 Å². The maximum absolute atomic E-state index is 12.9. The lowest BCUT2D eigenvalue weighted by Gasteiger charge is -2.14. The second-order valence-corrected chi connectivity index (χ2v) is 8.97. The molecule has 0 saturated carbocycles. The molecule has 10 heteroatoms. The first-order valence-electron chi connectivity index (χ1n) is 10.8. The van der Waals surface area contributed by atoms with Gasteiger partial charge in [-0.3, -0.25) is 4.79 Å². The SMILES string of the molecule is COc1cc(OC)c(/C=C/[S+]([O-])Cc2ccc(OC)c(NC(=O)c3cc(N)cc(N)c3)c2)c(OC)c1. The summed E-state index contributed by atoms with van der Waals surface area (Å²) in [4.78, 5) is 12.8. The molecule has 3 aromatic carbocycles. The molecule has 3 aromatic rings. The minimum Gasteiger partial charge on any atom is -0.612 e. The van der Waals surface area contributed by atoms with Crippen LogP contribution in [0.15, 0.2) is 53.9 Å². The van der Waals surface area contributed by atoms with Crippen LogP contribution in [0.2, 0.25) is 0 Å². The fraction of sp³-hybridized carbons (Fsp3) is 0.192. The van der Waals surface area contributed by atoms with Crippen molar-refractivity contribution in [1.29, 1.82) is 0 Å². The van der Waals surface area contributed by atoms with E-state index in [9.17, 15) is 9.35 Å². The van der Waals surface area contributed by atoms with E-state index >= 15 is 0 Å². The second kappa shape index (κ2) is 12.1. The van der Waals surface area contributed by atoms with Gasteiger partial charge in [-0.25, -0.2) is 0 Å². The molecule has 0 spiro atoms. The highest BCUT2D eigenvalue weighted by Crippen LogP contribution is 2.35. The van der Waals surface area contributed by atoms with E-state index in [0.717, 1.165) is 5.56 Å². The lowest BCUT2D eigenvalue weighted by molar-refractivity contribution is 0.102. The van der Waals surface area contributed by atoms with E-state index in [1.54, 1.807) is 55.0 Å². The predicted molar refractivity (Wildman–Crippen MR) is 143 cm³/mol. The van der Waals surface area contributed by atoms with Gasteiger partial charge in [-0.15, -0.1) is 0 Å². The largest absolute Gasteiger partial charge is 0.612 e. The van der Waals surface area contributed by atoms with Crippen LogP contribution in [0.25, 0.3) is 6.08 Å². The molecular weight excluding hydrogens is 482 g/mol. The molecule has 3 rings (SSSR count). The molecule has 190 valence electrons. The third-order valence-electron chi connectivity index (χ3n) is 5.20. The van der Waals surface area contributed by atoms with Crippen LogP contribution in [0.4, 0.5) is 17.1 Å². The lowest BCUT2D eigenvalue weighted by Crippen LogP contribution is -2.14. The van der Waals surface area contributed by atoms with Gasteiger partial charge in [-0.05, 0) is 41.5 Å². The summed E-state index contributed by atoms with van der Waals surface area (Å²) in [7, 11) is 6.12. The Kier molecular flexibility index (Phi) is 8.93. The molecule has 0 aliphatic carbocycles. The van der Waals surface area contributed by atoms with Crippen molar-refractivity contribution in [2.24, 2.45) is 0 Å². The molecular formula is C26H29N3O6S. The standard InChI is InChI=1S/C26H29N3O6S/c1-32-20-13-24(34-3)21(25(14-20)35-4)7-8-36(31)15-16-5-6-23(33-2)22(9-16)29-26(30)17-10-18(27)12-19(28)11-17/h5-14H,15,27-28H2,1-4H3,(H,29,30)/b8-7+. The number of carbonyl (C=O) groups is 1. The predicted octanol–water partition coefficient (Wildman–Crippen LogP) is 4.06. The molecule has 0 fully saturated rings. The fourth-order valence-electron chi connectivity index (χ4n) is 3.50. The summed E-state index contributed by atoms with van der Waals surface area (Å²) in [5.41, 5.74) is 14.5. The highest BCUT2D eigenvalue weighted by molar-refractivity contribution is 7.93. The molecule has 5 N–H and O–H groups in total. The number of amides is 1. The Bertz CT molecular complexity index is 1220. The summed E-state index contributed by atoms with van der Waals surface area (Å²) >= 11 is -1.38. The van der Waals surface area contributed by atoms with Crippen LogP contribution in [0.5, 0.6) is 23.0 Å². The zero-order chi connectivity index (χ0) is 26.2. The lowest BCUT2D eigenvalue weighted by atomic mass is 10.1. The number of hydrogen-bond acceptors (Lipinski definition) is 8. The van der Waals surface area contributed by atoms with Gasteiger partial charge in [0.05, 0.1) is 39.7 Å². The monoisotopic (exact) mass is 511 g/mol. The second-order valence-electron chi connectivity index (χ2n) is 7.65. The van der Waals surface area contributed by atoms with E-state index < -0.39 is 17.1 Å². The van der Waals surface area contributed by atoms with E-state index in [0.29, 0.717) is 51.2 Å². The first-order valence-corrected chi connectivity index (χ1v) is 12.2. The summed E-state index contributed by atoms with van der Waals surface area (Å²) in [5.74, 6) is 1.89. The Morgan fingerprint density at radius 2 is 1.50 bits per heavy atom. The van der Waals surface area contributed by atoms with Crippen LogP contribution in [-0.2, 0) is 16.9 Å².